The second kappa shape index (κ2) is 16.1. The van der Waals surface area contributed by atoms with Gasteiger partial charge in [-0.2, -0.15) is 5.26 Å². The zero-order chi connectivity index (χ0) is 40.5. The summed E-state index contributed by atoms with van der Waals surface area (Å²) in [6, 6.07) is 17.4. The number of imide groups is 2. The summed E-state index contributed by atoms with van der Waals surface area (Å²) >= 11 is 0. The number of amides is 6. The second-order valence-corrected chi connectivity index (χ2v) is 15.2. The highest BCUT2D eigenvalue weighted by atomic mass is 16.5. The molecule has 0 aliphatic carbocycles. The van der Waals surface area contributed by atoms with E-state index >= 15 is 0 Å². The van der Waals surface area contributed by atoms with Crippen molar-refractivity contribution in [2.45, 2.75) is 51.2 Å². The van der Waals surface area contributed by atoms with Crippen molar-refractivity contribution in [1.29, 1.82) is 5.26 Å². The molecule has 58 heavy (non-hydrogen) atoms. The molecule has 4 aliphatic rings. The van der Waals surface area contributed by atoms with Gasteiger partial charge < -0.3 is 24.8 Å². The summed E-state index contributed by atoms with van der Waals surface area (Å²) in [5, 5.41) is 15.7. The third-order valence-electron chi connectivity index (χ3n) is 11.4. The molecule has 3 fully saturated rings. The SMILES string of the molecule is C[C@@H]1CN(c2ccc(C#N)c3ncccc23)[C@@H](C)CN1C(=O)Nc1ccc(OCCCN2CCN(c3ccc4c(c3)C(=O)N(C3CCC(=O)NC3=O)C4=O)CC2)nc1. The topological polar surface area (TPSA) is 184 Å². The number of carbonyl (C=O) groups excluding carboxylic acids is 5. The molecule has 0 saturated carbocycles. The largest absolute Gasteiger partial charge is 0.478 e. The van der Waals surface area contributed by atoms with E-state index in [0.717, 1.165) is 60.8 Å². The van der Waals surface area contributed by atoms with Crippen LogP contribution in [0.25, 0.3) is 10.9 Å². The van der Waals surface area contributed by atoms with Crippen molar-refractivity contribution >= 4 is 57.6 Å². The molecule has 4 aromatic rings. The summed E-state index contributed by atoms with van der Waals surface area (Å²) in [5.41, 5.74) is 4.19. The van der Waals surface area contributed by atoms with E-state index in [0.29, 0.717) is 42.3 Å². The summed E-state index contributed by atoms with van der Waals surface area (Å²) in [7, 11) is 0. The summed E-state index contributed by atoms with van der Waals surface area (Å²) in [6.45, 7) is 9.69. The molecule has 0 bridgehead atoms. The first-order valence-corrected chi connectivity index (χ1v) is 19.6. The van der Waals surface area contributed by atoms with E-state index in [4.69, 9.17) is 4.74 Å². The predicted molar refractivity (Wildman–Crippen MR) is 215 cm³/mol. The normalized spacial score (nSPS) is 21.2. The Morgan fingerprint density at radius 1 is 0.948 bits per heavy atom. The highest BCUT2D eigenvalue weighted by Crippen LogP contribution is 2.33. The number of ether oxygens (including phenoxy) is 1. The van der Waals surface area contributed by atoms with Gasteiger partial charge in [-0.3, -0.25) is 39.3 Å². The van der Waals surface area contributed by atoms with Crippen molar-refractivity contribution in [2.75, 3.05) is 67.5 Å². The maximum absolute atomic E-state index is 13.4. The number of pyridine rings is 2. The van der Waals surface area contributed by atoms with E-state index in [-0.39, 0.29) is 42.1 Å². The lowest BCUT2D eigenvalue weighted by atomic mass is 10.0. The van der Waals surface area contributed by atoms with Crippen molar-refractivity contribution < 1.29 is 28.7 Å². The minimum atomic E-state index is -0.987. The second-order valence-electron chi connectivity index (χ2n) is 15.2. The smallest absolute Gasteiger partial charge is 0.322 e. The number of benzene rings is 2. The Morgan fingerprint density at radius 3 is 2.52 bits per heavy atom. The Kier molecular flexibility index (Phi) is 10.6. The molecular formula is C42H44N10O6. The van der Waals surface area contributed by atoms with Crippen LogP contribution in [0.5, 0.6) is 5.88 Å². The molecule has 0 spiro atoms. The number of piperidine rings is 1. The number of hydrogen-bond donors (Lipinski definition) is 2. The summed E-state index contributed by atoms with van der Waals surface area (Å²) in [6.07, 6.45) is 4.29. The van der Waals surface area contributed by atoms with Crippen molar-refractivity contribution in [1.82, 2.24) is 30.0 Å². The number of piperazine rings is 2. The molecule has 6 amide bonds. The van der Waals surface area contributed by atoms with Crippen LogP contribution < -0.4 is 25.2 Å². The van der Waals surface area contributed by atoms with Gasteiger partial charge in [0.05, 0.1) is 40.7 Å². The van der Waals surface area contributed by atoms with Crippen molar-refractivity contribution in [2.24, 2.45) is 0 Å². The fourth-order valence-electron chi connectivity index (χ4n) is 8.33. The average molecular weight is 785 g/mol. The van der Waals surface area contributed by atoms with E-state index in [1.165, 1.54) is 0 Å². The lowest BCUT2D eigenvalue weighted by Gasteiger charge is -2.45. The minimum Gasteiger partial charge on any atom is -0.478 e. The number of nitrogens with zero attached hydrogens (tertiary/aromatic N) is 8. The van der Waals surface area contributed by atoms with Crippen LogP contribution in [0.2, 0.25) is 0 Å². The van der Waals surface area contributed by atoms with Crippen LogP contribution in [0, 0.1) is 11.3 Å². The molecule has 2 aromatic carbocycles. The maximum atomic E-state index is 13.4. The molecule has 3 saturated heterocycles. The molecule has 6 heterocycles. The first-order chi connectivity index (χ1) is 28.1. The number of aromatic nitrogens is 2. The molecule has 1 unspecified atom stereocenters. The summed E-state index contributed by atoms with van der Waals surface area (Å²) in [4.78, 5) is 82.2. The number of carbonyl (C=O) groups is 5. The number of nitriles is 1. The predicted octanol–water partition coefficient (Wildman–Crippen LogP) is 3.62. The van der Waals surface area contributed by atoms with Crippen LogP contribution >= 0.6 is 0 Å². The number of urea groups is 1. The van der Waals surface area contributed by atoms with E-state index in [1.807, 2.05) is 42.2 Å². The molecule has 2 N–H and O–H groups in total. The fourth-order valence-corrected chi connectivity index (χ4v) is 8.33. The van der Waals surface area contributed by atoms with Crippen LogP contribution in [0.4, 0.5) is 21.9 Å². The van der Waals surface area contributed by atoms with E-state index in [9.17, 15) is 29.2 Å². The number of anilines is 3. The van der Waals surface area contributed by atoms with E-state index in [1.54, 1.807) is 36.7 Å². The zero-order valence-corrected chi connectivity index (χ0v) is 32.4. The van der Waals surface area contributed by atoms with Gasteiger partial charge in [0.15, 0.2) is 0 Å². The molecule has 298 valence electrons. The summed E-state index contributed by atoms with van der Waals surface area (Å²) < 4.78 is 5.92. The fraction of sp³-hybridized carbons (Fsp3) is 0.381. The van der Waals surface area contributed by atoms with Crippen LogP contribution in [0.15, 0.2) is 67.0 Å². The lowest BCUT2D eigenvalue weighted by molar-refractivity contribution is -0.136. The van der Waals surface area contributed by atoms with Gasteiger partial charge >= 0.3 is 6.03 Å². The first kappa shape index (κ1) is 38.3. The van der Waals surface area contributed by atoms with E-state index < -0.39 is 29.7 Å². The van der Waals surface area contributed by atoms with Gasteiger partial charge in [-0.1, -0.05) is 0 Å². The van der Waals surface area contributed by atoms with Gasteiger partial charge in [0.2, 0.25) is 17.7 Å². The molecule has 2 aromatic heterocycles. The highest BCUT2D eigenvalue weighted by molar-refractivity contribution is 6.23. The maximum Gasteiger partial charge on any atom is 0.322 e. The molecule has 4 aliphatic heterocycles. The molecule has 16 nitrogen and oxygen atoms in total. The Balaban J connectivity index is 0.769. The van der Waals surface area contributed by atoms with Gasteiger partial charge in [-0.15, -0.1) is 0 Å². The van der Waals surface area contributed by atoms with Gasteiger partial charge in [0.1, 0.15) is 12.1 Å². The monoisotopic (exact) mass is 784 g/mol. The van der Waals surface area contributed by atoms with Gasteiger partial charge in [0.25, 0.3) is 11.8 Å². The quantitative estimate of drug-likeness (QED) is 0.186. The van der Waals surface area contributed by atoms with E-state index in [2.05, 4.69) is 48.3 Å². The lowest BCUT2D eigenvalue weighted by Crippen LogP contribution is -2.59. The van der Waals surface area contributed by atoms with Crippen molar-refractivity contribution in [3.05, 3.63) is 83.7 Å². The van der Waals surface area contributed by atoms with Crippen LogP contribution in [0.1, 0.15) is 59.4 Å². The molecular weight excluding hydrogens is 741 g/mol. The van der Waals surface area contributed by atoms with Crippen molar-refractivity contribution in [3.63, 3.8) is 0 Å². The average Bonchev–Trinajstić information content (AvgIpc) is 3.48. The van der Waals surface area contributed by atoms with Crippen LogP contribution in [0.3, 0.4) is 0 Å². The third kappa shape index (κ3) is 7.48. The standard InChI is InChI=1S/C42H44N10O6/c1-26-25-51(27(2)24-50(26)34-10-6-28(22-43)38-32(34)5-3-14-44-38)42(57)46-29-7-13-37(45-23-29)58-20-4-15-48-16-18-49(19-17-48)30-8-9-31-33(21-30)41(56)52(40(31)55)35-11-12-36(53)47-39(35)54/h3,5-10,13-14,21,23,26-27,35H,4,11-12,15-20,24-25H2,1-2H3,(H,46,57)(H,47,53,54)/t26-,27+,35?/m0/s1. The van der Waals surface area contributed by atoms with Gasteiger partial charge in [0, 0.05) is 93.3 Å². The van der Waals surface area contributed by atoms with Gasteiger partial charge in [-0.25, -0.2) is 9.78 Å². The first-order valence-electron chi connectivity index (χ1n) is 19.6. The Bertz CT molecular complexity index is 2320. The third-order valence-corrected chi connectivity index (χ3v) is 11.4. The summed E-state index contributed by atoms with van der Waals surface area (Å²) in [5.74, 6) is -1.56. The van der Waals surface area contributed by atoms with Crippen LogP contribution in [-0.2, 0) is 9.59 Å². The number of fused-ring (bicyclic) bond motifs is 2. The molecule has 8 rings (SSSR count). The van der Waals surface area contributed by atoms with Gasteiger partial charge in [-0.05, 0) is 75.2 Å². The number of hydrogen-bond acceptors (Lipinski definition) is 12. The zero-order valence-electron chi connectivity index (χ0n) is 32.4. The minimum absolute atomic E-state index is 0.0300. The Hall–Kier alpha value is -6.60. The molecule has 16 heteroatoms. The van der Waals surface area contributed by atoms with Crippen molar-refractivity contribution in [3.8, 4) is 11.9 Å². The van der Waals surface area contributed by atoms with Crippen LogP contribution in [-0.4, -0.2) is 125 Å². The Morgan fingerprint density at radius 2 is 1.76 bits per heavy atom. The molecule has 3 atom stereocenters. The highest BCUT2D eigenvalue weighted by Gasteiger charge is 2.45. The molecule has 0 radical (unpaired) electrons. The Labute approximate surface area is 335 Å². The number of nitrogens with one attached hydrogen (secondary N) is 2. The number of rotatable bonds is 9.